The Morgan fingerprint density at radius 2 is 1.05 bits per heavy atom. The Bertz CT molecular complexity index is 3960. The van der Waals surface area contributed by atoms with Gasteiger partial charge in [-0.05, 0) is 181 Å². The number of hydrogen-bond acceptors (Lipinski definition) is 4. The second kappa shape index (κ2) is 17.3. The Hall–Kier alpha value is -6.82. The highest BCUT2D eigenvalue weighted by atomic mass is 32.1. The van der Waals surface area contributed by atoms with Crippen molar-refractivity contribution < 1.29 is 0 Å². The highest BCUT2D eigenvalue weighted by Crippen LogP contribution is 2.57. The molecular weight excluding hydrogens is 974 g/mol. The lowest BCUT2D eigenvalue weighted by Crippen LogP contribution is -2.61. The molecule has 0 spiro atoms. The molecule has 1 aliphatic carbocycles. The highest BCUT2D eigenvalue weighted by molar-refractivity contribution is 7.33. The highest BCUT2D eigenvalue weighted by Gasteiger charge is 2.49. The van der Waals surface area contributed by atoms with Crippen LogP contribution in [-0.4, -0.2) is 6.71 Å². The maximum Gasteiger partial charge on any atom is 0.264 e. The number of thiophene rings is 1. The van der Waals surface area contributed by atoms with Gasteiger partial charge in [0.05, 0.1) is 22.7 Å². The van der Waals surface area contributed by atoms with Gasteiger partial charge in [-0.2, -0.15) is 0 Å². The van der Waals surface area contributed by atoms with Gasteiger partial charge < -0.3 is 14.7 Å². The number of fused-ring (bicyclic) bond motifs is 9. The van der Waals surface area contributed by atoms with E-state index >= 15 is 0 Å². The molecule has 398 valence electrons. The summed E-state index contributed by atoms with van der Waals surface area (Å²) in [5.41, 5.74) is 26.9. The molecule has 0 N–H and O–H groups in total. The van der Waals surface area contributed by atoms with E-state index in [0.29, 0.717) is 0 Å². The number of nitrogens with zero attached hydrogens (tertiary/aromatic N) is 3. The number of anilines is 9. The van der Waals surface area contributed by atoms with Crippen LogP contribution in [0.1, 0.15) is 161 Å². The molecule has 0 unspecified atom stereocenters. The molecule has 0 saturated heterocycles. The van der Waals surface area contributed by atoms with Gasteiger partial charge in [0.2, 0.25) is 0 Å². The van der Waals surface area contributed by atoms with E-state index in [9.17, 15) is 0 Å². The molecule has 4 aliphatic rings. The van der Waals surface area contributed by atoms with Crippen LogP contribution >= 0.6 is 11.3 Å². The smallest absolute Gasteiger partial charge is 0.264 e. The lowest BCUT2D eigenvalue weighted by atomic mass is 9.36. The average Bonchev–Trinajstić information content (AvgIpc) is 4.07. The SMILES string of the molecule is Cc1cc2c3c(c1)N(c1ccc4c(c1)C(C)(C)CCC4(C)C)c1c(sc4ccc(C(C)(C)C)cc14)B3c1cc3c(cc1N2c1ccc(C(C)(C)C)cc1-c1ccc(C(C)(C)C)cc1)N(c1ccccc1)c1ccccc1C3(C)C. The first-order valence-corrected chi connectivity index (χ1v) is 29.9. The van der Waals surface area contributed by atoms with Crippen LogP contribution in [-0.2, 0) is 32.5 Å². The van der Waals surface area contributed by atoms with Gasteiger partial charge in [-0.3, -0.25) is 0 Å². The van der Waals surface area contributed by atoms with Gasteiger partial charge in [-0.1, -0.05) is 189 Å². The fourth-order valence-corrected chi connectivity index (χ4v) is 15.3. The van der Waals surface area contributed by atoms with Crippen molar-refractivity contribution in [3.05, 3.63) is 202 Å². The van der Waals surface area contributed by atoms with Crippen molar-refractivity contribution in [1.29, 1.82) is 0 Å². The van der Waals surface area contributed by atoms with Gasteiger partial charge in [-0.15, -0.1) is 11.3 Å². The Labute approximate surface area is 476 Å². The average molecular weight is 1050 g/mol. The Balaban J connectivity index is 1.17. The molecule has 9 aromatic rings. The Kier molecular flexibility index (Phi) is 11.3. The molecule has 3 aliphatic heterocycles. The number of benzene rings is 8. The number of hydrogen-bond donors (Lipinski definition) is 0. The van der Waals surface area contributed by atoms with E-state index in [1.165, 1.54) is 133 Å². The minimum absolute atomic E-state index is 0.0254. The summed E-state index contributed by atoms with van der Waals surface area (Å²) in [6.45, 7) is 38.1. The summed E-state index contributed by atoms with van der Waals surface area (Å²) in [6, 6.07) is 62.2. The fraction of sp³-hybridized carbons (Fsp3) is 0.324. The van der Waals surface area contributed by atoms with Gasteiger partial charge in [0.1, 0.15) is 0 Å². The fourth-order valence-electron chi connectivity index (χ4n) is 14.0. The van der Waals surface area contributed by atoms with E-state index in [4.69, 9.17) is 0 Å². The van der Waals surface area contributed by atoms with Crippen molar-refractivity contribution in [2.45, 2.75) is 156 Å². The zero-order chi connectivity index (χ0) is 55.7. The summed E-state index contributed by atoms with van der Waals surface area (Å²) in [5.74, 6) is 0. The molecule has 8 aromatic carbocycles. The van der Waals surface area contributed by atoms with Crippen LogP contribution in [0.3, 0.4) is 0 Å². The molecule has 0 radical (unpaired) electrons. The van der Waals surface area contributed by atoms with Crippen LogP contribution in [0.2, 0.25) is 0 Å². The van der Waals surface area contributed by atoms with Crippen LogP contribution in [0.15, 0.2) is 158 Å². The molecule has 3 nitrogen and oxygen atoms in total. The van der Waals surface area contributed by atoms with Crippen LogP contribution < -0.4 is 30.4 Å². The predicted octanol–water partition coefficient (Wildman–Crippen LogP) is 19.3. The monoisotopic (exact) mass is 1050 g/mol. The van der Waals surface area contributed by atoms with Crippen molar-refractivity contribution in [2.75, 3.05) is 14.7 Å². The third-order valence-electron chi connectivity index (χ3n) is 18.8. The van der Waals surface area contributed by atoms with Crippen molar-refractivity contribution in [3.63, 3.8) is 0 Å². The molecule has 0 fully saturated rings. The molecular formula is C74H78BN3S. The van der Waals surface area contributed by atoms with Gasteiger partial charge in [-0.25, -0.2) is 0 Å². The Morgan fingerprint density at radius 3 is 1.73 bits per heavy atom. The number of aryl methyl sites for hydroxylation is 1. The molecule has 79 heavy (non-hydrogen) atoms. The van der Waals surface area contributed by atoms with Crippen molar-refractivity contribution >= 4 is 95.0 Å². The van der Waals surface area contributed by atoms with E-state index in [-0.39, 0.29) is 39.2 Å². The van der Waals surface area contributed by atoms with Crippen molar-refractivity contribution in [2.24, 2.45) is 0 Å². The van der Waals surface area contributed by atoms with Crippen molar-refractivity contribution in [1.82, 2.24) is 0 Å². The lowest BCUT2D eigenvalue weighted by Gasteiger charge is -2.47. The normalized spacial score (nSPS) is 16.7. The number of rotatable bonds is 4. The molecule has 0 amide bonds. The summed E-state index contributed by atoms with van der Waals surface area (Å²) < 4.78 is 2.74. The van der Waals surface area contributed by atoms with Crippen LogP contribution in [0.5, 0.6) is 0 Å². The standard InChI is InChI=1S/C74H78BN3S/c1-45-38-63-66-64(39-45)78(59-34-30-48(70(5,6)7)40-52(59)46-26-28-47(29-27-46)69(2,3)4)62-44-61-57(74(15,16)55-24-20-21-25-60(55)76(61)50-22-18-17-19-23-50)43-58(62)75(66)68-67(53-41-49(71(8,9)10)31-35-65(53)79-68)77(63)51-32-33-54-56(42-51)73(13,14)37-36-72(54,11)12/h17-35,38-44H,36-37H2,1-16H3. The van der Waals surface area contributed by atoms with Crippen molar-refractivity contribution in [3.8, 4) is 11.1 Å². The first kappa shape index (κ1) is 51.6. The molecule has 5 heteroatoms. The molecule has 0 bridgehead atoms. The Morgan fingerprint density at radius 1 is 0.443 bits per heavy atom. The zero-order valence-corrected chi connectivity index (χ0v) is 50.6. The van der Waals surface area contributed by atoms with E-state index in [1.54, 1.807) is 0 Å². The topological polar surface area (TPSA) is 9.72 Å². The first-order chi connectivity index (χ1) is 37.2. The summed E-state index contributed by atoms with van der Waals surface area (Å²) in [5, 5.41) is 1.34. The summed E-state index contributed by atoms with van der Waals surface area (Å²) in [7, 11) is 0. The van der Waals surface area contributed by atoms with E-state index in [0.717, 1.165) is 12.1 Å². The summed E-state index contributed by atoms with van der Waals surface area (Å²) in [6.07, 6.45) is 2.34. The van der Waals surface area contributed by atoms with Gasteiger partial charge in [0, 0.05) is 54.3 Å². The predicted molar refractivity (Wildman–Crippen MR) is 344 cm³/mol. The van der Waals surface area contributed by atoms with Gasteiger partial charge >= 0.3 is 0 Å². The van der Waals surface area contributed by atoms with Gasteiger partial charge in [0.25, 0.3) is 6.71 Å². The maximum atomic E-state index is 2.72. The molecule has 0 atom stereocenters. The quantitative estimate of drug-likeness (QED) is 0.163. The molecule has 0 saturated carbocycles. The lowest BCUT2D eigenvalue weighted by molar-refractivity contribution is 0.332. The minimum Gasteiger partial charge on any atom is -0.311 e. The van der Waals surface area contributed by atoms with Crippen LogP contribution in [0, 0.1) is 6.92 Å². The third-order valence-corrected chi connectivity index (χ3v) is 20.0. The van der Waals surface area contributed by atoms with Gasteiger partial charge in [0.15, 0.2) is 0 Å². The van der Waals surface area contributed by atoms with E-state index in [1.807, 2.05) is 11.3 Å². The summed E-state index contributed by atoms with van der Waals surface area (Å²) >= 11 is 2.01. The largest absolute Gasteiger partial charge is 0.311 e. The second-order valence-corrected chi connectivity index (χ2v) is 29.7. The molecule has 13 rings (SSSR count). The zero-order valence-electron chi connectivity index (χ0n) is 49.8. The van der Waals surface area contributed by atoms with Crippen LogP contribution in [0.4, 0.5) is 51.2 Å². The molecule has 1 aromatic heterocycles. The van der Waals surface area contributed by atoms with Crippen LogP contribution in [0.25, 0.3) is 21.2 Å². The maximum absolute atomic E-state index is 2.72. The first-order valence-electron chi connectivity index (χ1n) is 29.1. The molecule has 4 heterocycles. The second-order valence-electron chi connectivity index (χ2n) is 28.6. The third kappa shape index (κ3) is 8.01. The number of para-hydroxylation sites is 2. The summed E-state index contributed by atoms with van der Waals surface area (Å²) in [4.78, 5) is 7.95. The van der Waals surface area contributed by atoms with E-state index in [2.05, 4.69) is 283 Å². The minimum atomic E-state index is -0.309. The van der Waals surface area contributed by atoms with E-state index < -0.39 is 0 Å².